The number of thiazole rings is 1. The molecule has 0 bridgehead atoms. The molecule has 0 fully saturated rings. The number of hydrogen-bond donors (Lipinski definition) is 2. The first kappa shape index (κ1) is 13.1. The Hall–Kier alpha value is -0.980. The van der Waals surface area contributed by atoms with E-state index in [1.54, 1.807) is 0 Å². The van der Waals surface area contributed by atoms with Crippen LogP contribution in [0, 0.1) is 0 Å². The Bertz CT molecular complexity index is 339. The van der Waals surface area contributed by atoms with Gasteiger partial charge in [0.2, 0.25) is 0 Å². The number of amides is 1. The van der Waals surface area contributed by atoms with E-state index in [1.807, 2.05) is 5.38 Å². The van der Waals surface area contributed by atoms with E-state index in [-0.39, 0.29) is 12.5 Å². The maximum atomic E-state index is 11.4. The van der Waals surface area contributed by atoms with Gasteiger partial charge >= 0.3 is 0 Å². The van der Waals surface area contributed by atoms with Gasteiger partial charge < -0.3 is 10.5 Å². The van der Waals surface area contributed by atoms with Gasteiger partial charge in [-0.25, -0.2) is 4.98 Å². The van der Waals surface area contributed by atoms with Gasteiger partial charge in [0.15, 0.2) is 5.13 Å². The number of anilines is 1. The normalized spacial score (nSPS) is 10.8. The first-order valence-electron chi connectivity index (χ1n) is 5.16. The summed E-state index contributed by atoms with van der Waals surface area (Å²) in [4.78, 5) is 15.6. The monoisotopic (exact) mass is 243 g/mol. The number of aromatic nitrogens is 1. The van der Waals surface area contributed by atoms with Crippen LogP contribution in [0.3, 0.4) is 0 Å². The largest absolute Gasteiger partial charge is 0.370 e. The summed E-state index contributed by atoms with van der Waals surface area (Å²) in [5.41, 5.74) is 6.23. The molecule has 0 saturated carbocycles. The quantitative estimate of drug-likeness (QED) is 0.735. The zero-order valence-corrected chi connectivity index (χ0v) is 10.3. The zero-order chi connectivity index (χ0) is 12.0. The molecule has 0 radical (unpaired) electrons. The van der Waals surface area contributed by atoms with Crippen LogP contribution in [0.2, 0.25) is 0 Å². The summed E-state index contributed by atoms with van der Waals surface area (Å²) in [6.07, 6.45) is 0. The second kappa shape index (κ2) is 6.57. The van der Waals surface area contributed by atoms with Crippen LogP contribution in [-0.4, -0.2) is 30.6 Å². The fourth-order valence-corrected chi connectivity index (χ4v) is 1.90. The topological polar surface area (TPSA) is 77.2 Å². The highest BCUT2D eigenvalue weighted by Gasteiger charge is 2.08. The first-order valence-corrected chi connectivity index (χ1v) is 6.04. The fourth-order valence-electron chi connectivity index (χ4n) is 1.01. The van der Waals surface area contributed by atoms with Crippen molar-refractivity contribution in [2.24, 2.45) is 5.73 Å². The van der Waals surface area contributed by atoms with E-state index in [4.69, 9.17) is 10.5 Å². The minimum atomic E-state index is -0.196. The highest BCUT2D eigenvalue weighted by atomic mass is 32.1. The third-order valence-electron chi connectivity index (χ3n) is 1.86. The third-order valence-corrected chi connectivity index (χ3v) is 2.63. The number of nitrogens with two attached hydrogens (primary N) is 1. The number of ether oxygens (including phenoxy) is 1. The first-order chi connectivity index (χ1) is 7.63. The summed E-state index contributed by atoms with van der Waals surface area (Å²) in [6, 6.07) is 0. The molecule has 1 aromatic rings. The number of carbonyl (C=O) groups is 1. The number of carbonyl (C=O) groups excluding carboxylic acids is 1. The molecule has 16 heavy (non-hydrogen) atoms. The van der Waals surface area contributed by atoms with Crippen LogP contribution < -0.4 is 11.1 Å². The number of rotatable bonds is 6. The molecule has 90 valence electrons. The predicted octanol–water partition coefficient (Wildman–Crippen LogP) is 1.18. The van der Waals surface area contributed by atoms with Gasteiger partial charge in [-0.1, -0.05) is 13.8 Å². The van der Waals surface area contributed by atoms with E-state index in [0.717, 1.165) is 5.69 Å². The van der Waals surface area contributed by atoms with Crippen molar-refractivity contribution in [1.29, 1.82) is 0 Å². The molecule has 0 aromatic carbocycles. The molecule has 0 saturated heterocycles. The second-order valence-electron chi connectivity index (χ2n) is 3.62. The van der Waals surface area contributed by atoms with Crippen LogP contribution in [0.5, 0.6) is 0 Å². The minimum absolute atomic E-state index is 0.0216. The van der Waals surface area contributed by atoms with Gasteiger partial charge in [-0.15, -0.1) is 11.3 Å². The Kier molecular flexibility index (Phi) is 5.37. The van der Waals surface area contributed by atoms with Gasteiger partial charge in [-0.2, -0.15) is 0 Å². The maximum Gasteiger partial charge on any atom is 0.252 e. The van der Waals surface area contributed by atoms with Crippen LogP contribution in [-0.2, 0) is 9.53 Å². The van der Waals surface area contributed by atoms with Crippen LogP contribution in [0.1, 0.15) is 25.5 Å². The van der Waals surface area contributed by atoms with Crippen LogP contribution in [0.25, 0.3) is 0 Å². The molecule has 0 unspecified atom stereocenters. The Balaban J connectivity index is 2.37. The lowest BCUT2D eigenvalue weighted by molar-refractivity contribution is -0.120. The van der Waals surface area contributed by atoms with E-state index >= 15 is 0 Å². The van der Waals surface area contributed by atoms with Crippen LogP contribution in [0.4, 0.5) is 5.13 Å². The van der Waals surface area contributed by atoms with Crippen LogP contribution in [0.15, 0.2) is 5.38 Å². The van der Waals surface area contributed by atoms with Crippen molar-refractivity contribution in [3.63, 3.8) is 0 Å². The molecule has 3 N–H and O–H groups in total. The van der Waals surface area contributed by atoms with E-state index in [0.29, 0.717) is 24.2 Å². The smallest absolute Gasteiger partial charge is 0.252 e. The molecular formula is C10H17N3O2S. The van der Waals surface area contributed by atoms with Gasteiger partial charge in [-0.05, 0) is 5.92 Å². The average molecular weight is 243 g/mol. The Morgan fingerprint density at radius 3 is 3.00 bits per heavy atom. The van der Waals surface area contributed by atoms with Crippen LogP contribution >= 0.6 is 11.3 Å². The van der Waals surface area contributed by atoms with Gasteiger partial charge in [0.1, 0.15) is 6.61 Å². The van der Waals surface area contributed by atoms with Crippen molar-refractivity contribution in [1.82, 2.24) is 4.98 Å². The lowest BCUT2D eigenvalue weighted by Gasteiger charge is -2.02. The number of hydrogen-bond acceptors (Lipinski definition) is 5. The van der Waals surface area contributed by atoms with E-state index in [9.17, 15) is 4.79 Å². The molecule has 0 spiro atoms. The lowest BCUT2D eigenvalue weighted by atomic mass is 10.2. The molecule has 1 amide bonds. The standard InChI is InChI=1S/C10H17N3O2S/c1-7(2)8-6-16-10(12-8)13-9(14)5-15-4-3-11/h6-7H,3-5,11H2,1-2H3,(H,12,13,14). The zero-order valence-electron chi connectivity index (χ0n) is 9.53. The molecular weight excluding hydrogens is 226 g/mol. The highest BCUT2D eigenvalue weighted by molar-refractivity contribution is 7.13. The summed E-state index contributed by atoms with van der Waals surface area (Å²) in [5.74, 6) is 0.175. The van der Waals surface area contributed by atoms with Crippen molar-refractivity contribution in [2.45, 2.75) is 19.8 Å². The van der Waals surface area contributed by atoms with Crippen molar-refractivity contribution < 1.29 is 9.53 Å². The number of nitrogens with one attached hydrogen (secondary N) is 1. The Morgan fingerprint density at radius 2 is 2.44 bits per heavy atom. The van der Waals surface area contributed by atoms with Gasteiger partial charge in [0.25, 0.3) is 5.91 Å². The molecule has 0 aliphatic rings. The van der Waals surface area contributed by atoms with Crippen molar-refractivity contribution in [3.8, 4) is 0 Å². The summed E-state index contributed by atoms with van der Waals surface area (Å²) in [7, 11) is 0. The summed E-state index contributed by atoms with van der Waals surface area (Å²) >= 11 is 1.42. The second-order valence-corrected chi connectivity index (χ2v) is 4.48. The van der Waals surface area contributed by atoms with Gasteiger partial charge in [-0.3, -0.25) is 10.1 Å². The molecule has 1 aromatic heterocycles. The lowest BCUT2D eigenvalue weighted by Crippen LogP contribution is -2.20. The summed E-state index contributed by atoms with van der Waals surface area (Å²) in [5, 5.41) is 5.24. The maximum absolute atomic E-state index is 11.4. The van der Waals surface area contributed by atoms with E-state index < -0.39 is 0 Å². The third kappa shape index (κ3) is 4.26. The summed E-state index contributed by atoms with van der Waals surface area (Å²) < 4.78 is 5.01. The Morgan fingerprint density at radius 1 is 1.69 bits per heavy atom. The van der Waals surface area contributed by atoms with Gasteiger partial charge in [0, 0.05) is 11.9 Å². The molecule has 0 aliphatic carbocycles. The summed E-state index contributed by atoms with van der Waals surface area (Å²) in [6.45, 7) is 4.95. The number of nitrogens with zero attached hydrogens (tertiary/aromatic N) is 1. The SMILES string of the molecule is CC(C)c1csc(NC(=O)COCCN)n1. The predicted molar refractivity (Wildman–Crippen MR) is 64.7 cm³/mol. The average Bonchev–Trinajstić information content (AvgIpc) is 2.66. The van der Waals surface area contributed by atoms with Crippen molar-refractivity contribution in [2.75, 3.05) is 25.1 Å². The fraction of sp³-hybridized carbons (Fsp3) is 0.600. The van der Waals surface area contributed by atoms with Gasteiger partial charge in [0.05, 0.1) is 12.3 Å². The molecule has 1 heterocycles. The van der Waals surface area contributed by atoms with Crippen molar-refractivity contribution >= 4 is 22.4 Å². The van der Waals surface area contributed by atoms with E-state index in [2.05, 4.69) is 24.1 Å². The van der Waals surface area contributed by atoms with Crippen molar-refractivity contribution in [3.05, 3.63) is 11.1 Å². The molecule has 1 rings (SSSR count). The molecule has 0 atom stereocenters. The molecule has 6 heteroatoms. The highest BCUT2D eigenvalue weighted by Crippen LogP contribution is 2.21. The molecule has 5 nitrogen and oxygen atoms in total. The Labute approximate surface area is 99.0 Å². The molecule has 0 aliphatic heterocycles. The minimum Gasteiger partial charge on any atom is -0.370 e. The van der Waals surface area contributed by atoms with E-state index in [1.165, 1.54) is 11.3 Å².